The molecule has 18 heavy (non-hydrogen) atoms. The van der Waals surface area contributed by atoms with Crippen molar-refractivity contribution in [2.45, 2.75) is 19.9 Å². The van der Waals surface area contributed by atoms with E-state index in [-0.39, 0.29) is 11.7 Å². The van der Waals surface area contributed by atoms with E-state index in [0.717, 1.165) is 10.7 Å². The summed E-state index contributed by atoms with van der Waals surface area (Å²) in [5.41, 5.74) is 0.649. The van der Waals surface area contributed by atoms with Crippen molar-refractivity contribution >= 4 is 33.0 Å². The van der Waals surface area contributed by atoms with Crippen LogP contribution in [-0.4, -0.2) is 4.98 Å². The molecule has 0 bridgehead atoms. The predicted molar refractivity (Wildman–Crippen MR) is 72.9 cm³/mol. The Kier molecular flexibility index (Phi) is 3.97. The van der Waals surface area contributed by atoms with E-state index in [4.69, 9.17) is 0 Å². The summed E-state index contributed by atoms with van der Waals surface area (Å²) in [7, 11) is 0. The first-order valence-corrected chi connectivity index (χ1v) is 6.97. The van der Waals surface area contributed by atoms with Gasteiger partial charge in [-0.3, -0.25) is 0 Å². The summed E-state index contributed by atoms with van der Waals surface area (Å²) in [6, 6.07) is 2.20. The van der Waals surface area contributed by atoms with Crippen LogP contribution in [0.2, 0.25) is 0 Å². The van der Waals surface area contributed by atoms with Crippen LogP contribution in [-0.2, 0) is 0 Å². The highest BCUT2D eigenvalue weighted by Gasteiger charge is 2.15. The van der Waals surface area contributed by atoms with Crippen LogP contribution in [0.4, 0.5) is 14.5 Å². The smallest absolute Gasteiger partial charge is 0.150 e. The van der Waals surface area contributed by atoms with Gasteiger partial charge < -0.3 is 5.32 Å². The van der Waals surface area contributed by atoms with Crippen molar-refractivity contribution in [1.82, 2.24) is 4.98 Å². The van der Waals surface area contributed by atoms with Crippen LogP contribution in [0.15, 0.2) is 22.0 Å². The highest BCUT2D eigenvalue weighted by Crippen LogP contribution is 2.27. The first kappa shape index (κ1) is 13.4. The van der Waals surface area contributed by atoms with Gasteiger partial charge in [-0.25, -0.2) is 13.8 Å². The Bertz CT molecular complexity index is 548. The average Bonchev–Trinajstić information content (AvgIpc) is 2.70. The van der Waals surface area contributed by atoms with E-state index in [2.05, 4.69) is 26.2 Å². The van der Waals surface area contributed by atoms with Crippen molar-refractivity contribution in [3.8, 4) is 0 Å². The number of aryl methyl sites for hydroxylation is 1. The molecule has 0 aliphatic heterocycles. The van der Waals surface area contributed by atoms with Gasteiger partial charge in [-0.1, -0.05) is 15.9 Å². The Morgan fingerprint density at radius 1 is 1.33 bits per heavy atom. The lowest BCUT2D eigenvalue weighted by Gasteiger charge is -2.14. The molecule has 1 N–H and O–H groups in total. The quantitative estimate of drug-likeness (QED) is 0.883. The lowest BCUT2D eigenvalue weighted by molar-refractivity contribution is 0.582. The molecule has 1 unspecified atom stereocenters. The number of anilines is 1. The molecule has 96 valence electrons. The van der Waals surface area contributed by atoms with Gasteiger partial charge >= 0.3 is 0 Å². The van der Waals surface area contributed by atoms with Crippen molar-refractivity contribution in [2.75, 3.05) is 5.32 Å². The molecule has 0 saturated carbocycles. The summed E-state index contributed by atoms with van der Waals surface area (Å²) in [6.45, 7) is 3.71. The van der Waals surface area contributed by atoms with Crippen molar-refractivity contribution in [1.29, 1.82) is 0 Å². The number of benzene rings is 1. The zero-order valence-electron chi connectivity index (χ0n) is 9.80. The maximum Gasteiger partial charge on any atom is 0.150 e. The van der Waals surface area contributed by atoms with Crippen LogP contribution in [0.25, 0.3) is 0 Å². The SMILES string of the molecule is Cc1nc(C(C)Nc2c(F)cc(Br)cc2F)cs1. The Balaban J connectivity index is 2.24. The summed E-state index contributed by atoms with van der Waals surface area (Å²) in [6.07, 6.45) is 0. The molecule has 2 nitrogen and oxygen atoms in total. The number of rotatable bonds is 3. The molecule has 2 aromatic rings. The molecule has 1 atom stereocenters. The third-order valence-electron chi connectivity index (χ3n) is 2.45. The largest absolute Gasteiger partial charge is 0.372 e. The number of halogens is 3. The van der Waals surface area contributed by atoms with Crippen LogP contribution in [0.1, 0.15) is 23.7 Å². The maximum absolute atomic E-state index is 13.6. The van der Waals surface area contributed by atoms with Gasteiger partial charge in [0.25, 0.3) is 0 Å². The predicted octanol–water partition coefficient (Wildman–Crippen LogP) is 4.67. The minimum atomic E-state index is -0.624. The normalized spacial score (nSPS) is 12.5. The van der Waals surface area contributed by atoms with E-state index in [0.29, 0.717) is 4.47 Å². The van der Waals surface area contributed by atoms with Crippen LogP contribution >= 0.6 is 27.3 Å². The standard InChI is InChI=1S/C12H11BrF2N2S/c1-6(11-5-18-7(2)17-11)16-12-9(14)3-8(13)4-10(12)15/h3-6,16H,1-2H3. The van der Waals surface area contributed by atoms with Crippen molar-refractivity contribution in [3.63, 3.8) is 0 Å². The Morgan fingerprint density at radius 2 is 1.94 bits per heavy atom. The second-order valence-corrected chi connectivity index (χ2v) is 5.88. The lowest BCUT2D eigenvalue weighted by atomic mass is 10.2. The van der Waals surface area contributed by atoms with E-state index in [1.54, 1.807) is 0 Å². The fourth-order valence-electron chi connectivity index (χ4n) is 1.55. The van der Waals surface area contributed by atoms with E-state index >= 15 is 0 Å². The summed E-state index contributed by atoms with van der Waals surface area (Å²) in [5.74, 6) is -1.25. The molecule has 0 aliphatic rings. The molecule has 1 aromatic heterocycles. The first-order chi connectivity index (χ1) is 8.47. The summed E-state index contributed by atoms with van der Waals surface area (Å²) in [5, 5.41) is 5.61. The number of hydrogen-bond acceptors (Lipinski definition) is 3. The third kappa shape index (κ3) is 2.87. The molecule has 0 aliphatic carbocycles. The highest BCUT2D eigenvalue weighted by atomic mass is 79.9. The summed E-state index contributed by atoms with van der Waals surface area (Å²) in [4.78, 5) is 4.29. The molecule has 0 saturated heterocycles. The number of nitrogens with zero attached hydrogens (tertiary/aromatic N) is 1. The fraction of sp³-hybridized carbons (Fsp3) is 0.250. The van der Waals surface area contributed by atoms with E-state index in [1.807, 2.05) is 19.2 Å². The summed E-state index contributed by atoms with van der Waals surface area (Å²) >= 11 is 4.55. The van der Waals surface area contributed by atoms with E-state index in [9.17, 15) is 8.78 Å². The highest BCUT2D eigenvalue weighted by molar-refractivity contribution is 9.10. The number of aromatic nitrogens is 1. The van der Waals surface area contributed by atoms with Gasteiger partial charge in [0.2, 0.25) is 0 Å². The molecule has 0 amide bonds. The lowest BCUT2D eigenvalue weighted by Crippen LogP contribution is -2.10. The minimum Gasteiger partial charge on any atom is -0.372 e. The monoisotopic (exact) mass is 332 g/mol. The van der Waals surface area contributed by atoms with Gasteiger partial charge in [-0.05, 0) is 26.0 Å². The zero-order chi connectivity index (χ0) is 13.3. The van der Waals surface area contributed by atoms with E-state index in [1.165, 1.54) is 23.5 Å². The first-order valence-electron chi connectivity index (χ1n) is 5.30. The Labute approximate surface area is 116 Å². The molecule has 0 fully saturated rings. The van der Waals surface area contributed by atoms with Gasteiger partial charge in [0.15, 0.2) is 0 Å². The van der Waals surface area contributed by atoms with Crippen molar-refractivity contribution in [2.24, 2.45) is 0 Å². The second-order valence-electron chi connectivity index (χ2n) is 3.90. The van der Waals surface area contributed by atoms with Crippen LogP contribution in [0.3, 0.4) is 0 Å². The molecule has 6 heteroatoms. The number of thiazole rings is 1. The van der Waals surface area contributed by atoms with Gasteiger partial charge in [-0.2, -0.15) is 0 Å². The summed E-state index contributed by atoms with van der Waals surface area (Å²) < 4.78 is 27.7. The Hall–Kier alpha value is -1.01. The molecule has 1 aromatic carbocycles. The van der Waals surface area contributed by atoms with Gasteiger partial charge in [0.1, 0.15) is 17.3 Å². The molecular weight excluding hydrogens is 322 g/mol. The molecule has 1 heterocycles. The fourth-order valence-corrected chi connectivity index (χ4v) is 2.66. The van der Waals surface area contributed by atoms with Gasteiger partial charge in [0.05, 0.1) is 16.7 Å². The van der Waals surface area contributed by atoms with Gasteiger partial charge in [-0.15, -0.1) is 11.3 Å². The molecule has 2 rings (SSSR count). The van der Waals surface area contributed by atoms with Crippen LogP contribution in [0, 0.1) is 18.6 Å². The minimum absolute atomic E-state index is 0.128. The second kappa shape index (κ2) is 5.32. The topological polar surface area (TPSA) is 24.9 Å². The number of hydrogen-bond donors (Lipinski definition) is 1. The van der Waals surface area contributed by atoms with Gasteiger partial charge in [0, 0.05) is 9.85 Å². The van der Waals surface area contributed by atoms with Crippen LogP contribution in [0.5, 0.6) is 0 Å². The average molecular weight is 333 g/mol. The maximum atomic E-state index is 13.6. The zero-order valence-corrected chi connectivity index (χ0v) is 12.2. The number of nitrogens with one attached hydrogen (secondary N) is 1. The van der Waals surface area contributed by atoms with E-state index < -0.39 is 11.6 Å². The molecule has 0 spiro atoms. The van der Waals surface area contributed by atoms with Crippen molar-refractivity contribution < 1.29 is 8.78 Å². The molecular formula is C12H11BrF2N2S. The Morgan fingerprint density at radius 3 is 2.44 bits per heavy atom. The third-order valence-corrected chi connectivity index (χ3v) is 3.70. The molecule has 0 radical (unpaired) electrons. The van der Waals surface area contributed by atoms with Crippen molar-refractivity contribution in [3.05, 3.63) is 44.3 Å². The van der Waals surface area contributed by atoms with Crippen LogP contribution < -0.4 is 5.32 Å².